The molecule has 5 N–H and O–H groups in total. The highest BCUT2D eigenvalue weighted by Gasteiger charge is 2.23. The van der Waals surface area contributed by atoms with E-state index in [4.69, 9.17) is 20.9 Å². The molecular formula is C28H30N2O3. The summed E-state index contributed by atoms with van der Waals surface area (Å²) in [6.45, 7) is 1.31. The van der Waals surface area contributed by atoms with Gasteiger partial charge in [-0.05, 0) is 39.6 Å². The third kappa shape index (κ3) is 6.26. The van der Waals surface area contributed by atoms with Crippen LogP contribution in [0.25, 0.3) is 10.8 Å². The molecular weight excluding hydrogens is 412 g/mol. The van der Waals surface area contributed by atoms with Crippen LogP contribution in [0.5, 0.6) is 0 Å². The molecule has 0 spiro atoms. The summed E-state index contributed by atoms with van der Waals surface area (Å²) in [7, 11) is 0. The lowest BCUT2D eigenvalue weighted by Crippen LogP contribution is -2.41. The Morgan fingerprint density at radius 3 is 1.94 bits per heavy atom. The van der Waals surface area contributed by atoms with Gasteiger partial charge in [0.05, 0.1) is 32.5 Å². The highest BCUT2D eigenvalue weighted by atomic mass is 16.5. The molecule has 170 valence electrons. The predicted octanol–water partition coefficient (Wildman–Crippen LogP) is 4.38. The van der Waals surface area contributed by atoms with Gasteiger partial charge in [-0.25, -0.2) is 0 Å². The topological polar surface area (TPSA) is 90.7 Å². The number of fused-ring (bicyclic) bond motifs is 1. The van der Waals surface area contributed by atoms with Gasteiger partial charge in [-0.2, -0.15) is 0 Å². The van der Waals surface area contributed by atoms with Crippen molar-refractivity contribution in [3.8, 4) is 0 Å². The molecule has 0 aliphatic rings. The third-order valence-corrected chi connectivity index (χ3v) is 5.63. The highest BCUT2D eigenvalue weighted by Crippen LogP contribution is 2.21. The maximum atomic E-state index is 10.5. The van der Waals surface area contributed by atoms with Gasteiger partial charge in [0.25, 0.3) is 0 Å². The largest absolute Gasteiger partial charge is 0.375 e. The lowest BCUT2D eigenvalue weighted by atomic mass is 10.0. The number of hydrogen-bond acceptors (Lipinski definition) is 5. The van der Waals surface area contributed by atoms with Gasteiger partial charge in [-0.1, -0.05) is 84.9 Å². The van der Waals surface area contributed by atoms with E-state index in [9.17, 15) is 5.11 Å². The molecule has 0 aromatic heterocycles. The molecule has 0 saturated heterocycles. The minimum absolute atomic E-state index is 0.00456. The average molecular weight is 443 g/mol. The minimum Gasteiger partial charge on any atom is -0.375 e. The normalized spacial score (nSPS) is 14.2. The van der Waals surface area contributed by atoms with Crippen molar-refractivity contribution >= 4 is 10.8 Å². The van der Waals surface area contributed by atoms with Crippen molar-refractivity contribution in [1.82, 2.24) is 0 Å². The lowest BCUT2D eigenvalue weighted by molar-refractivity contribution is -0.0522. The van der Waals surface area contributed by atoms with Crippen molar-refractivity contribution in [2.75, 3.05) is 13.2 Å². The van der Waals surface area contributed by atoms with Gasteiger partial charge in [0, 0.05) is 5.56 Å². The number of benzene rings is 4. The van der Waals surface area contributed by atoms with E-state index in [2.05, 4.69) is 30.3 Å². The van der Waals surface area contributed by atoms with Gasteiger partial charge in [-0.3, -0.25) is 5.73 Å². The van der Waals surface area contributed by atoms with Crippen LogP contribution in [0.3, 0.4) is 0 Å². The first-order valence-corrected chi connectivity index (χ1v) is 11.1. The van der Waals surface area contributed by atoms with Crippen LogP contribution in [0, 0.1) is 0 Å². The molecule has 0 saturated carbocycles. The third-order valence-electron chi connectivity index (χ3n) is 5.63. The molecule has 33 heavy (non-hydrogen) atoms. The summed E-state index contributed by atoms with van der Waals surface area (Å²) in [6, 6.07) is 31.4. The van der Waals surface area contributed by atoms with Crippen LogP contribution in [0.2, 0.25) is 0 Å². The van der Waals surface area contributed by atoms with Crippen LogP contribution in [0.1, 0.15) is 28.3 Å². The average Bonchev–Trinajstić information content (AvgIpc) is 2.85. The molecule has 5 heteroatoms. The second-order valence-electron chi connectivity index (χ2n) is 8.33. The van der Waals surface area contributed by atoms with Crippen LogP contribution >= 0.6 is 0 Å². The first-order chi connectivity index (χ1) is 16.0. The Labute approximate surface area is 194 Å². The summed E-state index contributed by atoms with van der Waals surface area (Å²) >= 11 is 0. The van der Waals surface area contributed by atoms with Crippen LogP contribution in [-0.2, 0) is 28.4 Å². The van der Waals surface area contributed by atoms with E-state index in [1.807, 2.05) is 54.6 Å². The number of rotatable bonds is 10. The molecule has 0 aliphatic heterocycles. The first-order valence-electron chi connectivity index (χ1n) is 11.1. The van der Waals surface area contributed by atoms with E-state index >= 15 is 0 Å². The molecule has 4 aromatic rings. The minimum atomic E-state index is -1.52. The zero-order valence-electron chi connectivity index (χ0n) is 18.6. The number of ether oxygens (including phenoxy) is 2. The first kappa shape index (κ1) is 23.1. The van der Waals surface area contributed by atoms with Crippen molar-refractivity contribution in [2.24, 2.45) is 11.5 Å². The Balaban J connectivity index is 1.33. The van der Waals surface area contributed by atoms with Gasteiger partial charge < -0.3 is 20.3 Å². The summed E-state index contributed by atoms with van der Waals surface area (Å²) in [4.78, 5) is 0. The zero-order valence-corrected chi connectivity index (χ0v) is 18.6. The monoisotopic (exact) mass is 442 g/mol. The zero-order chi connectivity index (χ0) is 23.1. The molecule has 0 aliphatic carbocycles. The molecule has 0 bridgehead atoms. The van der Waals surface area contributed by atoms with Gasteiger partial charge >= 0.3 is 0 Å². The standard InChI is InChI=1S/C28H30N2O3/c29-27(24-7-3-1-4-8-24)19-32-17-21-11-13-23-14-12-22(16-25(23)15-21)18-33-20-28(30,31)26-9-5-2-6-10-26/h1-16,27,31H,17-20,29-30H2/t27-,28?/m1/s1. The fourth-order valence-corrected chi connectivity index (χ4v) is 3.76. The predicted molar refractivity (Wildman–Crippen MR) is 131 cm³/mol. The molecule has 5 nitrogen and oxygen atoms in total. The number of aliphatic hydroxyl groups is 1. The maximum absolute atomic E-state index is 10.5. The van der Waals surface area contributed by atoms with Gasteiger partial charge in [0.1, 0.15) is 0 Å². The molecule has 0 fully saturated rings. The number of hydrogen-bond donors (Lipinski definition) is 3. The van der Waals surface area contributed by atoms with Crippen molar-refractivity contribution in [2.45, 2.75) is 25.0 Å². The molecule has 0 amide bonds. The van der Waals surface area contributed by atoms with Crippen molar-refractivity contribution in [1.29, 1.82) is 0 Å². The quantitative estimate of drug-likeness (QED) is 0.317. The van der Waals surface area contributed by atoms with Crippen LogP contribution in [0.15, 0.2) is 97.1 Å². The second kappa shape index (κ2) is 10.7. The van der Waals surface area contributed by atoms with Crippen molar-refractivity contribution < 1.29 is 14.6 Å². The Morgan fingerprint density at radius 1 is 0.727 bits per heavy atom. The van der Waals surface area contributed by atoms with Gasteiger partial charge in [0.15, 0.2) is 5.72 Å². The molecule has 0 heterocycles. The van der Waals surface area contributed by atoms with Gasteiger partial charge in [0.2, 0.25) is 0 Å². The summed E-state index contributed by atoms with van der Waals surface area (Å²) in [5.41, 5.74) is 14.5. The lowest BCUT2D eigenvalue weighted by Gasteiger charge is -2.23. The van der Waals surface area contributed by atoms with E-state index in [0.717, 1.165) is 27.5 Å². The Bertz CT molecular complexity index is 1160. The number of nitrogens with two attached hydrogens (primary N) is 2. The van der Waals surface area contributed by atoms with E-state index in [1.165, 1.54) is 0 Å². The van der Waals surface area contributed by atoms with E-state index in [1.54, 1.807) is 12.1 Å². The maximum Gasteiger partial charge on any atom is 0.163 e. The molecule has 4 rings (SSSR count). The fraction of sp³-hybridized carbons (Fsp3) is 0.214. The van der Waals surface area contributed by atoms with E-state index in [0.29, 0.717) is 25.4 Å². The Hall–Kier alpha value is -3.06. The Kier molecular flexibility index (Phi) is 7.50. The van der Waals surface area contributed by atoms with Crippen molar-refractivity contribution in [3.05, 3.63) is 119 Å². The summed E-state index contributed by atoms with van der Waals surface area (Å²) < 4.78 is 11.6. The fourth-order valence-electron chi connectivity index (χ4n) is 3.76. The van der Waals surface area contributed by atoms with Crippen molar-refractivity contribution in [3.63, 3.8) is 0 Å². The molecule has 4 aromatic carbocycles. The van der Waals surface area contributed by atoms with Gasteiger partial charge in [-0.15, -0.1) is 0 Å². The second-order valence-corrected chi connectivity index (χ2v) is 8.33. The molecule has 0 radical (unpaired) electrons. The molecule has 2 atom stereocenters. The summed E-state index contributed by atoms with van der Waals surface area (Å²) in [6.07, 6.45) is 0. The van der Waals surface area contributed by atoms with Crippen LogP contribution in [-0.4, -0.2) is 18.3 Å². The van der Waals surface area contributed by atoms with E-state index in [-0.39, 0.29) is 12.6 Å². The summed E-state index contributed by atoms with van der Waals surface area (Å²) in [5, 5.41) is 12.7. The smallest absolute Gasteiger partial charge is 0.163 e. The SMILES string of the molecule is N[C@H](COCc1ccc2ccc(COCC(N)(O)c3ccccc3)cc2c1)c1ccccc1. The van der Waals surface area contributed by atoms with Crippen LogP contribution < -0.4 is 11.5 Å². The molecule has 1 unspecified atom stereocenters. The highest BCUT2D eigenvalue weighted by molar-refractivity contribution is 5.83. The summed E-state index contributed by atoms with van der Waals surface area (Å²) in [5.74, 6) is 0. The van der Waals surface area contributed by atoms with Crippen LogP contribution in [0.4, 0.5) is 0 Å². The van der Waals surface area contributed by atoms with E-state index < -0.39 is 5.72 Å². The Morgan fingerprint density at radius 2 is 1.30 bits per heavy atom.